The summed E-state index contributed by atoms with van der Waals surface area (Å²) in [6.07, 6.45) is 0. The van der Waals surface area contributed by atoms with E-state index in [9.17, 15) is 0 Å². The van der Waals surface area contributed by atoms with E-state index in [-0.39, 0.29) is 0 Å². The minimum absolute atomic E-state index is 0.566. The number of nitrogens with zero attached hydrogens (tertiary/aromatic N) is 3. The molecule has 0 unspecified atom stereocenters. The van der Waals surface area contributed by atoms with Crippen LogP contribution >= 0.6 is 23.1 Å². The molecule has 0 spiro atoms. The number of hydrogen-bond acceptors (Lipinski definition) is 6. The van der Waals surface area contributed by atoms with E-state index >= 15 is 0 Å². The van der Waals surface area contributed by atoms with Crippen molar-refractivity contribution in [1.29, 1.82) is 0 Å². The first kappa shape index (κ1) is 12.6. The summed E-state index contributed by atoms with van der Waals surface area (Å²) in [7, 11) is 0. The highest BCUT2D eigenvalue weighted by Crippen LogP contribution is 2.24. The predicted octanol–water partition coefficient (Wildman–Crippen LogP) is 3.97. The zero-order valence-electron chi connectivity index (χ0n) is 10.8. The number of para-hydroxylation sites is 2. The number of hydrogen-bond donors (Lipinski definition) is 1. The van der Waals surface area contributed by atoms with Crippen LogP contribution in [0.2, 0.25) is 0 Å². The lowest BCUT2D eigenvalue weighted by Gasteiger charge is -1.90. The molecule has 0 aliphatic carbocycles. The van der Waals surface area contributed by atoms with Gasteiger partial charge in [0.05, 0.1) is 22.3 Å². The fourth-order valence-electron chi connectivity index (χ4n) is 1.95. The number of benzene rings is 1. The highest BCUT2D eigenvalue weighted by Gasteiger charge is 2.10. The number of nitrogens with one attached hydrogen (secondary N) is 1. The number of imidazole rings is 1. The second-order valence-corrected chi connectivity index (χ2v) is 6.12. The SMILES string of the molecule is c1ccc2[nH]c(SCc3noc(-c4ccsc4)n3)nc2c1. The van der Waals surface area contributed by atoms with Gasteiger partial charge in [-0.25, -0.2) is 4.98 Å². The second-order valence-electron chi connectivity index (χ2n) is 4.38. The Morgan fingerprint density at radius 1 is 1.19 bits per heavy atom. The first-order valence-electron chi connectivity index (χ1n) is 6.31. The molecule has 1 aromatic carbocycles. The third-order valence-corrected chi connectivity index (χ3v) is 4.49. The molecule has 3 aromatic heterocycles. The largest absolute Gasteiger partial charge is 0.334 e. The second kappa shape index (κ2) is 5.34. The van der Waals surface area contributed by atoms with Crippen LogP contribution in [0.15, 0.2) is 50.8 Å². The van der Waals surface area contributed by atoms with E-state index in [2.05, 4.69) is 20.1 Å². The van der Waals surface area contributed by atoms with Crippen LogP contribution in [-0.2, 0) is 5.75 Å². The smallest absolute Gasteiger partial charge is 0.258 e. The molecule has 0 radical (unpaired) electrons. The maximum atomic E-state index is 5.26. The average molecular weight is 314 g/mol. The van der Waals surface area contributed by atoms with Crippen molar-refractivity contribution in [1.82, 2.24) is 20.1 Å². The third kappa shape index (κ3) is 2.57. The molecule has 0 saturated heterocycles. The number of fused-ring (bicyclic) bond motifs is 1. The van der Waals surface area contributed by atoms with Gasteiger partial charge in [0.1, 0.15) is 0 Å². The normalized spacial score (nSPS) is 11.2. The number of thiophene rings is 1. The van der Waals surface area contributed by atoms with Crippen molar-refractivity contribution in [2.24, 2.45) is 0 Å². The number of aromatic amines is 1. The standard InChI is InChI=1S/C14H10N4OS2/c1-2-4-11-10(3-1)15-14(16-11)21-8-12-17-13(19-18-12)9-5-6-20-7-9/h1-7H,8H2,(H,15,16). The first-order valence-corrected chi connectivity index (χ1v) is 8.24. The number of thioether (sulfide) groups is 1. The van der Waals surface area contributed by atoms with Crippen LogP contribution in [0.3, 0.4) is 0 Å². The zero-order chi connectivity index (χ0) is 14.1. The third-order valence-electron chi connectivity index (χ3n) is 2.94. The summed E-state index contributed by atoms with van der Waals surface area (Å²) >= 11 is 3.17. The molecule has 3 heterocycles. The van der Waals surface area contributed by atoms with Crippen LogP contribution in [0.25, 0.3) is 22.5 Å². The first-order chi connectivity index (χ1) is 10.4. The van der Waals surface area contributed by atoms with Crippen molar-refractivity contribution >= 4 is 34.1 Å². The molecule has 0 aliphatic heterocycles. The molecule has 7 heteroatoms. The highest BCUT2D eigenvalue weighted by atomic mass is 32.2. The van der Waals surface area contributed by atoms with Gasteiger partial charge in [-0.1, -0.05) is 29.1 Å². The highest BCUT2D eigenvalue weighted by molar-refractivity contribution is 7.98. The van der Waals surface area contributed by atoms with Gasteiger partial charge in [0.25, 0.3) is 5.89 Å². The van der Waals surface area contributed by atoms with Gasteiger partial charge in [0.15, 0.2) is 11.0 Å². The molecule has 104 valence electrons. The Bertz CT molecular complexity index is 833. The number of H-pyrrole nitrogens is 1. The monoisotopic (exact) mass is 314 g/mol. The van der Waals surface area contributed by atoms with Crippen LogP contribution in [0.5, 0.6) is 0 Å². The van der Waals surface area contributed by atoms with E-state index < -0.39 is 0 Å². The molecule has 4 aromatic rings. The Balaban J connectivity index is 1.49. The van der Waals surface area contributed by atoms with Gasteiger partial charge in [-0.05, 0) is 23.6 Å². The fraction of sp³-hybridized carbons (Fsp3) is 0.0714. The summed E-state index contributed by atoms with van der Waals surface area (Å²) in [5.74, 6) is 1.85. The summed E-state index contributed by atoms with van der Waals surface area (Å²) in [4.78, 5) is 12.2. The molecule has 0 fully saturated rings. The molecule has 1 N–H and O–H groups in total. The maximum Gasteiger partial charge on any atom is 0.258 e. The number of aromatic nitrogens is 4. The zero-order valence-corrected chi connectivity index (χ0v) is 12.4. The molecule has 0 saturated carbocycles. The summed E-state index contributed by atoms with van der Waals surface area (Å²) in [5, 5.41) is 8.83. The van der Waals surface area contributed by atoms with Crippen LogP contribution in [-0.4, -0.2) is 20.1 Å². The van der Waals surface area contributed by atoms with Crippen molar-refractivity contribution in [2.75, 3.05) is 0 Å². The molecule has 0 atom stereocenters. The molecule has 21 heavy (non-hydrogen) atoms. The van der Waals surface area contributed by atoms with E-state index in [1.165, 1.54) is 0 Å². The quantitative estimate of drug-likeness (QED) is 0.577. The van der Waals surface area contributed by atoms with E-state index in [4.69, 9.17) is 4.52 Å². The van der Waals surface area contributed by atoms with Gasteiger partial charge in [0, 0.05) is 5.38 Å². The molecule has 0 aliphatic rings. The molecule has 5 nitrogen and oxygen atoms in total. The summed E-state index contributed by atoms with van der Waals surface area (Å²) < 4.78 is 5.26. The van der Waals surface area contributed by atoms with Gasteiger partial charge in [-0.2, -0.15) is 16.3 Å². The van der Waals surface area contributed by atoms with Crippen LogP contribution in [0, 0.1) is 0 Å². The van der Waals surface area contributed by atoms with E-state index in [0.29, 0.717) is 17.5 Å². The van der Waals surface area contributed by atoms with Gasteiger partial charge in [-0.15, -0.1) is 0 Å². The van der Waals surface area contributed by atoms with Crippen LogP contribution in [0.1, 0.15) is 5.82 Å². The molecular formula is C14H10N4OS2. The van der Waals surface area contributed by atoms with Gasteiger partial charge in [-0.3, -0.25) is 0 Å². The Kier molecular flexibility index (Phi) is 3.21. The predicted molar refractivity (Wildman–Crippen MR) is 83.3 cm³/mol. The van der Waals surface area contributed by atoms with E-state index in [1.807, 2.05) is 41.1 Å². The maximum absolute atomic E-state index is 5.26. The Morgan fingerprint density at radius 3 is 3.00 bits per heavy atom. The lowest BCUT2D eigenvalue weighted by atomic mass is 10.3. The Labute approximate surface area is 128 Å². The van der Waals surface area contributed by atoms with Crippen LogP contribution in [0.4, 0.5) is 0 Å². The summed E-state index contributed by atoms with van der Waals surface area (Å²) in [5.41, 5.74) is 2.96. The van der Waals surface area contributed by atoms with Gasteiger partial charge >= 0.3 is 0 Å². The lowest BCUT2D eigenvalue weighted by Crippen LogP contribution is -1.84. The van der Waals surface area contributed by atoms with Crippen LogP contribution < -0.4 is 0 Å². The van der Waals surface area contributed by atoms with Crippen molar-refractivity contribution in [2.45, 2.75) is 10.9 Å². The topological polar surface area (TPSA) is 67.6 Å². The Morgan fingerprint density at radius 2 is 2.14 bits per heavy atom. The van der Waals surface area contributed by atoms with Crippen molar-refractivity contribution < 1.29 is 4.52 Å². The summed E-state index contributed by atoms with van der Waals surface area (Å²) in [6, 6.07) is 9.92. The summed E-state index contributed by atoms with van der Waals surface area (Å²) in [6.45, 7) is 0. The fourth-order valence-corrected chi connectivity index (χ4v) is 3.30. The van der Waals surface area contributed by atoms with E-state index in [0.717, 1.165) is 21.8 Å². The minimum Gasteiger partial charge on any atom is -0.334 e. The molecular weight excluding hydrogens is 304 g/mol. The Hall–Kier alpha value is -2.12. The van der Waals surface area contributed by atoms with E-state index in [1.54, 1.807) is 23.1 Å². The van der Waals surface area contributed by atoms with Crippen molar-refractivity contribution in [3.8, 4) is 11.5 Å². The molecule has 4 rings (SSSR count). The minimum atomic E-state index is 0.566. The van der Waals surface area contributed by atoms with Crippen molar-refractivity contribution in [3.05, 3.63) is 46.9 Å². The average Bonchev–Trinajstić information content (AvgIpc) is 3.23. The number of rotatable bonds is 4. The van der Waals surface area contributed by atoms with Crippen molar-refractivity contribution in [3.63, 3.8) is 0 Å². The van der Waals surface area contributed by atoms with Gasteiger partial charge < -0.3 is 9.51 Å². The molecule has 0 bridgehead atoms. The van der Waals surface area contributed by atoms with Gasteiger partial charge in [0.2, 0.25) is 0 Å². The lowest BCUT2D eigenvalue weighted by molar-refractivity contribution is 0.425. The molecule has 0 amide bonds.